The lowest BCUT2D eigenvalue weighted by molar-refractivity contribution is 0.0671. The van der Waals surface area contributed by atoms with Gasteiger partial charge in [0.1, 0.15) is 0 Å². The third-order valence-corrected chi connectivity index (χ3v) is 5.69. The lowest BCUT2D eigenvalue weighted by Crippen LogP contribution is -2.51. The van der Waals surface area contributed by atoms with Crippen molar-refractivity contribution in [3.63, 3.8) is 0 Å². The summed E-state index contributed by atoms with van der Waals surface area (Å²) in [4.78, 5) is 31.2. The first kappa shape index (κ1) is 19.3. The zero-order valence-electron chi connectivity index (χ0n) is 16.7. The number of piperidine rings is 1. The van der Waals surface area contributed by atoms with Crippen molar-refractivity contribution in [3.05, 3.63) is 60.2 Å². The zero-order valence-corrected chi connectivity index (χ0v) is 16.7. The van der Waals surface area contributed by atoms with Crippen LogP contribution in [0.4, 0.5) is 16.2 Å². The van der Waals surface area contributed by atoms with E-state index in [2.05, 4.69) is 22.3 Å². The molecule has 6 nitrogen and oxygen atoms in total. The number of nitrogens with one attached hydrogen (secondary N) is 1. The highest BCUT2D eigenvalue weighted by Gasteiger charge is 2.25. The number of hydrogen-bond donors (Lipinski definition) is 1. The maximum atomic E-state index is 12.7. The molecule has 2 aromatic rings. The van der Waals surface area contributed by atoms with E-state index < -0.39 is 0 Å². The molecule has 3 amide bonds. The molecular formula is C23H28N4O2. The molecule has 2 aromatic carbocycles. The summed E-state index contributed by atoms with van der Waals surface area (Å²) in [5.41, 5.74) is 2.68. The molecule has 152 valence electrons. The third kappa shape index (κ3) is 4.70. The van der Waals surface area contributed by atoms with Crippen LogP contribution in [0.2, 0.25) is 0 Å². The summed E-state index contributed by atoms with van der Waals surface area (Å²) in [6.45, 7) is 4.33. The predicted molar refractivity (Wildman–Crippen MR) is 115 cm³/mol. The molecule has 0 aromatic heterocycles. The van der Waals surface area contributed by atoms with Crippen molar-refractivity contribution in [2.75, 3.05) is 49.5 Å². The molecule has 0 bridgehead atoms. The first-order valence-electron chi connectivity index (χ1n) is 10.5. The van der Waals surface area contributed by atoms with Crippen molar-refractivity contribution < 1.29 is 9.59 Å². The molecule has 2 aliphatic rings. The van der Waals surface area contributed by atoms with Crippen LogP contribution >= 0.6 is 0 Å². The van der Waals surface area contributed by atoms with Crippen molar-refractivity contribution in [2.24, 2.45) is 0 Å². The second-order valence-corrected chi connectivity index (χ2v) is 7.67. The molecule has 29 heavy (non-hydrogen) atoms. The molecule has 1 N–H and O–H groups in total. The van der Waals surface area contributed by atoms with E-state index in [0.29, 0.717) is 31.7 Å². The van der Waals surface area contributed by atoms with Gasteiger partial charge in [0.15, 0.2) is 0 Å². The Morgan fingerprint density at radius 2 is 1.41 bits per heavy atom. The molecule has 0 aliphatic carbocycles. The van der Waals surface area contributed by atoms with Gasteiger partial charge >= 0.3 is 6.03 Å². The number of carbonyl (C=O) groups excluding carboxylic acids is 2. The highest BCUT2D eigenvalue weighted by Crippen LogP contribution is 2.23. The number of urea groups is 1. The Balaban J connectivity index is 1.31. The highest BCUT2D eigenvalue weighted by atomic mass is 16.2. The van der Waals surface area contributed by atoms with Crippen LogP contribution in [0.15, 0.2) is 54.6 Å². The Hall–Kier alpha value is -3.02. The largest absolute Gasteiger partial charge is 0.371 e. The molecule has 2 aliphatic heterocycles. The van der Waals surface area contributed by atoms with Gasteiger partial charge in [-0.25, -0.2) is 4.79 Å². The molecule has 2 heterocycles. The van der Waals surface area contributed by atoms with Crippen LogP contribution in [0, 0.1) is 0 Å². The van der Waals surface area contributed by atoms with E-state index in [0.717, 1.165) is 18.8 Å². The van der Waals surface area contributed by atoms with Crippen LogP contribution in [-0.4, -0.2) is 61.0 Å². The van der Waals surface area contributed by atoms with Gasteiger partial charge in [-0.05, 0) is 49.6 Å². The molecule has 0 unspecified atom stereocenters. The highest BCUT2D eigenvalue weighted by molar-refractivity contribution is 5.94. The molecule has 2 saturated heterocycles. The fourth-order valence-corrected chi connectivity index (χ4v) is 4.01. The summed E-state index contributed by atoms with van der Waals surface area (Å²) in [6, 6.07) is 17.3. The second-order valence-electron chi connectivity index (χ2n) is 7.67. The first-order valence-corrected chi connectivity index (χ1v) is 10.5. The van der Waals surface area contributed by atoms with Gasteiger partial charge in [-0.1, -0.05) is 24.3 Å². The number of anilines is 2. The van der Waals surface area contributed by atoms with Crippen LogP contribution in [0.25, 0.3) is 0 Å². The van der Waals surface area contributed by atoms with Gasteiger partial charge in [-0.3, -0.25) is 4.79 Å². The Morgan fingerprint density at radius 1 is 0.724 bits per heavy atom. The number of benzene rings is 2. The van der Waals surface area contributed by atoms with Gasteiger partial charge in [-0.15, -0.1) is 0 Å². The topological polar surface area (TPSA) is 55.9 Å². The van der Waals surface area contributed by atoms with Crippen molar-refractivity contribution in [3.8, 4) is 0 Å². The first-order chi connectivity index (χ1) is 14.2. The van der Waals surface area contributed by atoms with E-state index >= 15 is 0 Å². The fraction of sp³-hybridized carbons (Fsp3) is 0.391. The van der Waals surface area contributed by atoms with E-state index in [-0.39, 0.29) is 11.9 Å². The lowest BCUT2D eigenvalue weighted by Gasteiger charge is -2.35. The second kappa shape index (κ2) is 8.99. The minimum absolute atomic E-state index is 0.0277. The smallest absolute Gasteiger partial charge is 0.321 e. The van der Waals surface area contributed by atoms with Crippen molar-refractivity contribution in [1.29, 1.82) is 0 Å². The number of piperazine rings is 1. The van der Waals surface area contributed by atoms with Crippen LogP contribution < -0.4 is 10.2 Å². The molecule has 4 rings (SSSR count). The number of nitrogens with zero attached hydrogens (tertiary/aromatic N) is 3. The van der Waals surface area contributed by atoms with E-state index in [1.54, 1.807) is 4.90 Å². The fourth-order valence-electron chi connectivity index (χ4n) is 4.01. The van der Waals surface area contributed by atoms with Gasteiger partial charge in [0.25, 0.3) is 5.91 Å². The Labute approximate surface area is 172 Å². The summed E-state index contributed by atoms with van der Waals surface area (Å²) in [6.07, 6.45) is 3.75. The zero-order chi connectivity index (χ0) is 20.1. The Kier molecular flexibility index (Phi) is 5.98. The molecule has 0 spiro atoms. The number of carbonyl (C=O) groups is 2. The molecule has 6 heteroatoms. The minimum Gasteiger partial charge on any atom is -0.371 e. The van der Waals surface area contributed by atoms with Crippen LogP contribution in [0.1, 0.15) is 29.6 Å². The van der Waals surface area contributed by atoms with Gasteiger partial charge in [0.05, 0.1) is 0 Å². The van der Waals surface area contributed by atoms with E-state index in [1.165, 1.54) is 24.9 Å². The Morgan fingerprint density at radius 3 is 2.14 bits per heavy atom. The monoisotopic (exact) mass is 392 g/mol. The van der Waals surface area contributed by atoms with Crippen molar-refractivity contribution in [2.45, 2.75) is 19.3 Å². The van der Waals surface area contributed by atoms with Crippen molar-refractivity contribution in [1.82, 2.24) is 9.80 Å². The van der Waals surface area contributed by atoms with Crippen LogP contribution in [0.5, 0.6) is 0 Å². The molecule has 0 atom stereocenters. The number of amides is 3. The molecular weight excluding hydrogens is 364 g/mol. The maximum absolute atomic E-state index is 12.7. The van der Waals surface area contributed by atoms with Gasteiger partial charge < -0.3 is 20.0 Å². The van der Waals surface area contributed by atoms with Crippen LogP contribution in [0.3, 0.4) is 0 Å². The summed E-state index contributed by atoms with van der Waals surface area (Å²) < 4.78 is 0. The summed E-state index contributed by atoms with van der Waals surface area (Å²) in [7, 11) is 0. The Bertz CT molecular complexity index is 841. The minimum atomic E-state index is -0.104. The van der Waals surface area contributed by atoms with Crippen molar-refractivity contribution >= 4 is 23.3 Å². The third-order valence-electron chi connectivity index (χ3n) is 5.69. The normalized spacial score (nSPS) is 17.2. The standard InChI is InChI=1S/C23H28N4O2/c28-22(19-8-3-1-4-9-19)26-14-16-27(17-15-26)23(29)24-20-10-7-11-21(18-20)25-12-5-2-6-13-25/h1,3-4,7-11,18H,2,5-6,12-17H2,(H,24,29). The van der Waals surface area contributed by atoms with Gasteiger partial charge in [-0.2, -0.15) is 0 Å². The summed E-state index contributed by atoms with van der Waals surface area (Å²) >= 11 is 0. The van der Waals surface area contributed by atoms with Crippen LogP contribution in [-0.2, 0) is 0 Å². The van der Waals surface area contributed by atoms with E-state index in [1.807, 2.05) is 47.4 Å². The van der Waals surface area contributed by atoms with E-state index in [4.69, 9.17) is 0 Å². The summed E-state index contributed by atoms with van der Waals surface area (Å²) in [5, 5.41) is 3.02. The average Bonchev–Trinajstić information content (AvgIpc) is 2.80. The molecule has 0 radical (unpaired) electrons. The van der Waals surface area contributed by atoms with Gasteiger partial charge in [0.2, 0.25) is 0 Å². The average molecular weight is 393 g/mol. The lowest BCUT2D eigenvalue weighted by atomic mass is 10.1. The number of hydrogen-bond acceptors (Lipinski definition) is 3. The quantitative estimate of drug-likeness (QED) is 0.867. The van der Waals surface area contributed by atoms with E-state index in [9.17, 15) is 9.59 Å². The number of rotatable bonds is 3. The predicted octanol–water partition coefficient (Wildman–Crippen LogP) is 3.67. The summed E-state index contributed by atoms with van der Waals surface area (Å²) in [5.74, 6) is 0.0277. The molecule has 0 saturated carbocycles. The SMILES string of the molecule is O=C(Nc1cccc(N2CCCCC2)c1)N1CCN(C(=O)c2ccccc2)CC1. The van der Waals surface area contributed by atoms with Gasteiger partial charge in [0, 0.05) is 56.2 Å². The maximum Gasteiger partial charge on any atom is 0.321 e. The molecule has 2 fully saturated rings.